The first-order valence-electron chi connectivity index (χ1n) is 8.74. The standard InChI is InChI=1S/C22H21I2O2P/c1-2-26-22(25)21(23)27(24,18-12-6-3-7-13-18,19-14-8-4-9-15-19)20-16-10-5-11-17-20/h3-17,21H,2H2,1H3. The zero-order valence-electron chi connectivity index (χ0n) is 15.0. The molecule has 0 aliphatic rings. The van der Waals surface area contributed by atoms with Crippen LogP contribution in [0.3, 0.4) is 0 Å². The summed E-state index contributed by atoms with van der Waals surface area (Å²) in [6.07, 6.45) is 0. The van der Waals surface area contributed by atoms with Crippen LogP contribution < -0.4 is 15.9 Å². The summed E-state index contributed by atoms with van der Waals surface area (Å²) in [6, 6.07) is 31.2. The third kappa shape index (κ3) is 3.45. The molecule has 1 unspecified atom stereocenters. The van der Waals surface area contributed by atoms with Gasteiger partial charge < -0.3 is 0 Å². The van der Waals surface area contributed by atoms with Crippen LogP contribution in [0.2, 0.25) is 0 Å². The van der Waals surface area contributed by atoms with E-state index in [-0.39, 0.29) is 9.64 Å². The van der Waals surface area contributed by atoms with Gasteiger partial charge >= 0.3 is 188 Å². The fourth-order valence-corrected chi connectivity index (χ4v) is 14.5. The monoisotopic (exact) mass is 602 g/mol. The molecule has 3 aromatic carbocycles. The Labute approximate surface area is 187 Å². The molecule has 3 rings (SSSR count). The second-order valence-electron chi connectivity index (χ2n) is 6.17. The average molecular weight is 602 g/mol. The van der Waals surface area contributed by atoms with Gasteiger partial charge in [0.05, 0.1) is 0 Å². The summed E-state index contributed by atoms with van der Waals surface area (Å²) in [6.45, 7) is 2.23. The number of rotatable bonds is 6. The van der Waals surface area contributed by atoms with E-state index in [4.69, 9.17) is 4.74 Å². The molecular weight excluding hydrogens is 581 g/mol. The Bertz CT molecular complexity index is 802. The fraction of sp³-hybridized carbons (Fsp3) is 0.136. The van der Waals surface area contributed by atoms with Crippen molar-refractivity contribution in [3.8, 4) is 0 Å². The van der Waals surface area contributed by atoms with Crippen molar-refractivity contribution in [2.24, 2.45) is 0 Å². The zero-order valence-corrected chi connectivity index (χ0v) is 20.2. The Balaban J connectivity index is 2.45. The van der Waals surface area contributed by atoms with Gasteiger partial charge in [0, 0.05) is 0 Å². The first-order valence-corrected chi connectivity index (χ1v) is 15.1. The normalized spacial score (nSPS) is 14.0. The summed E-state index contributed by atoms with van der Waals surface area (Å²) in [5.74, 6) is -0.165. The fourth-order valence-electron chi connectivity index (χ4n) is 3.41. The van der Waals surface area contributed by atoms with E-state index in [9.17, 15) is 4.79 Å². The molecule has 0 aliphatic carbocycles. The second-order valence-corrected chi connectivity index (χ2v) is 18.6. The van der Waals surface area contributed by atoms with Crippen molar-refractivity contribution in [2.45, 2.75) is 10.6 Å². The van der Waals surface area contributed by atoms with Crippen LogP contribution >= 0.6 is 48.9 Å². The van der Waals surface area contributed by atoms with Crippen molar-refractivity contribution in [1.82, 2.24) is 0 Å². The molecule has 2 nitrogen and oxygen atoms in total. The molecule has 140 valence electrons. The van der Waals surface area contributed by atoms with Gasteiger partial charge in [-0.2, -0.15) is 0 Å². The topological polar surface area (TPSA) is 26.3 Å². The first kappa shape index (κ1) is 20.7. The maximum absolute atomic E-state index is 13.1. The maximum atomic E-state index is 13.1. The van der Waals surface area contributed by atoms with Gasteiger partial charge in [-0.15, -0.1) is 0 Å². The molecule has 0 fully saturated rings. The van der Waals surface area contributed by atoms with Crippen LogP contribution in [0, 0.1) is 0 Å². The van der Waals surface area contributed by atoms with E-state index >= 15 is 0 Å². The number of halogens is 2. The summed E-state index contributed by atoms with van der Waals surface area (Å²) >= 11 is 4.92. The van der Waals surface area contributed by atoms with Crippen molar-refractivity contribution >= 4 is 70.8 Å². The first-order chi connectivity index (χ1) is 13.0. The van der Waals surface area contributed by atoms with E-state index in [0.29, 0.717) is 6.61 Å². The Hall–Kier alpha value is -0.980. The van der Waals surface area contributed by atoms with Gasteiger partial charge in [-0.1, -0.05) is 0 Å². The van der Waals surface area contributed by atoms with E-state index in [1.807, 2.05) is 25.1 Å². The van der Waals surface area contributed by atoms with Gasteiger partial charge in [-0.3, -0.25) is 0 Å². The van der Waals surface area contributed by atoms with E-state index < -0.39 is 4.25 Å². The molecule has 27 heavy (non-hydrogen) atoms. The molecule has 0 heterocycles. The molecule has 0 radical (unpaired) electrons. The Morgan fingerprint density at radius 3 is 1.44 bits per heavy atom. The van der Waals surface area contributed by atoms with Gasteiger partial charge in [-0.05, 0) is 0 Å². The van der Waals surface area contributed by atoms with Crippen LogP contribution in [0.4, 0.5) is 0 Å². The SMILES string of the molecule is CCOC(=O)C(I)P(I)(c1ccccc1)(c1ccccc1)c1ccccc1. The molecular formula is C22H21I2O2P. The van der Waals surface area contributed by atoms with Crippen molar-refractivity contribution in [2.75, 3.05) is 6.61 Å². The Morgan fingerprint density at radius 1 is 0.815 bits per heavy atom. The van der Waals surface area contributed by atoms with E-state index in [2.05, 4.69) is 117 Å². The molecule has 1 atom stereocenters. The number of esters is 1. The predicted molar refractivity (Wildman–Crippen MR) is 134 cm³/mol. The molecule has 0 aromatic heterocycles. The van der Waals surface area contributed by atoms with Crippen LogP contribution in [-0.4, -0.2) is 16.2 Å². The number of carbonyl (C=O) groups is 1. The quantitative estimate of drug-likeness (QED) is 0.168. The zero-order chi connectivity index (χ0) is 19.4. The van der Waals surface area contributed by atoms with Crippen LogP contribution in [0.5, 0.6) is 0 Å². The molecule has 0 saturated heterocycles. The van der Waals surface area contributed by atoms with Gasteiger partial charge in [0.2, 0.25) is 0 Å². The minimum absolute atomic E-state index is 0.165. The molecule has 0 N–H and O–H groups in total. The minimum atomic E-state index is -3.16. The summed E-state index contributed by atoms with van der Waals surface area (Å²) in [5.41, 5.74) is 0. The number of benzene rings is 3. The van der Waals surface area contributed by atoms with E-state index in [1.165, 1.54) is 15.9 Å². The van der Waals surface area contributed by atoms with Crippen LogP contribution in [-0.2, 0) is 9.53 Å². The van der Waals surface area contributed by atoms with Gasteiger partial charge in [-0.25, -0.2) is 0 Å². The molecule has 0 saturated carbocycles. The number of carbonyl (C=O) groups excluding carboxylic acids is 1. The van der Waals surface area contributed by atoms with Gasteiger partial charge in [0.15, 0.2) is 0 Å². The number of ether oxygens (including phenoxy) is 1. The van der Waals surface area contributed by atoms with Crippen LogP contribution in [0.15, 0.2) is 91.0 Å². The average Bonchev–Trinajstić information content (AvgIpc) is 2.75. The van der Waals surface area contributed by atoms with Gasteiger partial charge in [0.25, 0.3) is 0 Å². The van der Waals surface area contributed by atoms with Crippen molar-refractivity contribution < 1.29 is 9.53 Å². The van der Waals surface area contributed by atoms with Gasteiger partial charge in [0.1, 0.15) is 0 Å². The molecule has 0 bridgehead atoms. The summed E-state index contributed by atoms with van der Waals surface area (Å²) in [5, 5.41) is 3.52. The molecule has 3 aromatic rings. The van der Waals surface area contributed by atoms with Crippen LogP contribution in [0.1, 0.15) is 6.92 Å². The van der Waals surface area contributed by atoms with Crippen molar-refractivity contribution in [3.05, 3.63) is 91.0 Å². The van der Waals surface area contributed by atoms with E-state index in [0.717, 1.165) is 0 Å². The molecule has 0 aliphatic heterocycles. The molecule has 0 amide bonds. The number of alkyl halides is 1. The summed E-state index contributed by atoms with van der Waals surface area (Å²) < 4.78 is 2.01. The van der Waals surface area contributed by atoms with Crippen molar-refractivity contribution in [3.63, 3.8) is 0 Å². The molecule has 5 heteroatoms. The number of hydrogen-bond donors (Lipinski definition) is 0. The Morgan fingerprint density at radius 2 is 1.15 bits per heavy atom. The summed E-state index contributed by atoms with van der Waals surface area (Å²) in [4.78, 5) is 13.1. The third-order valence-electron chi connectivity index (χ3n) is 4.69. The third-order valence-corrected chi connectivity index (χ3v) is 23.4. The van der Waals surface area contributed by atoms with Crippen molar-refractivity contribution in [1.29, 1.82) is 0 Å². The van der Waals surface area contributed by atoms with E-state index in [1.54, 1.807) is 0 Å². The second kappa shape index (κ2) is 8.58. The Kier molecular flexibility index (Phi) is 6.59. The molecule has 0 spiro atoms. The summed E-state index contributed by atoms with van der Waals surface area (Å²) in [7, 11) is 0. The number of hydrogen-bond acceptors (Lipinski definition) is 2. The van der Waals surface area contributed by atoms with Crippen LogP contribution in [0.25, 0.3) is 0 Å². The predicted octanol–water partition coefficient (Wildman–Crippen LogP) is 5.19.